The van der Waals surface area contributed by atoms with E-state index >= 15 is 0 Å². The highest BCUT2D eigenvalue weighted by molar-refractivity contribution is 7.16. The summed E-state index contributed by atoms with van der Waals surface area (Å²) >= 11 is 1.66. The monoisotopic (exact) mass is 443 g/mol. The molecule has 0 amide bonds. The minimum atomic E-state index is 0.0582. The third-order valence-corrected chi connectivity index (χ3v) is 6.80. The van der Waals surface area contributed by atoms with Crippen molar-refractivity contribution in [3.8, 4) is 22.5 Å². The van der Waals surface area contributed by atoms with Gasteiger partial charge >= 0.3 is 0 Å². The lowest BCUT2D eigenvalue weighted by Gasteiger charge is -2.15. The molecule has 0 unspecified atom stereocenters. The summed E-state index contributed by atoms with van der Waals surface area (Å²) in [7, 11) is 0. The van der Waals surface area contributed by atoms with Crippen molar-refractivity contribution in [3.63, 3.8) is 0 Å². The van der Waals surface area contributed by atoms with Crippen LogP contribution in [0.15, 0.2) is 121 Å². The van der Waals surface area contributed by atoms with E-state index in [1.165, 1.54) is 11.1 Å². The fourth-order valence-electron chi connectivity index (χ4n) is 4.30. The Morgan fingerprint density at radius 3 is 1.61 bits per heavy atom. The van der Waals surface area contributed by atoms with Crippen molar-refractivity contribution in [2.75, 3.05) is 0 Å². The third kappa shape index (κ3) is 3.65. The van der Waals surface area contributed by atoms with Crippen LogP contribution >= 0.6 is 11.3 Å². The first-order chi connectivity index (χ1) is 16.4. The summed E-state index contributed by atoms with van der Waals surface area (Å²) in [5.74, 6) is 0.0582. The van der Waals surface area contributed by atoms with Crippen LogP contribution in [0.25, 0.3) is 27.5 Å². The zero-order valence-corrected chi connectivity index (χ0v) is 18.7. The van der Waals surface area contributed by atoms with Gasteiger partial charge in [-0.15, -0.1) is 0 Å². The fourth-order valence-corrected chi connectivity index (χ4v) is 5.36. The van der Waals surface area contributed by atoms with Gasteiger partial charge in [0.2, 0.25) is 4.96 Å². The number of fused-ring (bicyclic) bond motifs is 1. The first-order valence-electron chi connectivity index (χ1n) is 11.0. The fraction of sp³-hybridized carbons (Fsp3) is 0.0345. The molecule has 0 atom stereocenters. The van der Waals surface area contributed by atoms with Gasteiger partial charge in [-0.2, -0.15) is 5.10 Å². The molecule has 0 bridgehead atoms. The minimum Gasteiger partial charge on any atom is -0.217 e. The van der Waals surface area contributed by atoms with Gasteiger partial charge < -0.3 is 0 Å². The molecular weight excluding hydrogens is 422 g/mol. The lowest BCUT2D eigenvalue weighted by atomic mass is 9.92. The van der Waals surface area contributed by atoms with Gasteiger partial charge in [0.25, 0.3) is 0 Å². The topological polar surface area (TPSA) is 30.2 Å². The molecule has 2 aromatic heterocycles. The number of hydrogen-bond acceptors (Lipinski definition) is 3. The van der Waals surface area contributed by atoms with Crippen LogP contribution in [0.3, 0.4) is 0 Å². The third-order valence-electron chi connectivity index (χ3n) is 5.83. The Hall–Kier alpha value is -4.02. The first kappa shape index (κ1) is 19.6. The van der Waals surface area contributed by atoms with E-state index in [4.69, 9.17) is 10.1 Å². The van der Waals surface area contributed by atoms with Crippen molar-refractivity contribution in [2.45, 2.75) is 5.92 Å². The van der Waals surface area contributed by atoms with Crippen molar-refractivity contribution >= 4 is 16.3 Å². The molecule has 0 radical (unpaired) electrons. The highest BCUT2D eigenvalue weighted by Gasteiger charge is 2.25. The first-order valence-corrected chi connectivity index (χ1v) is 11.8. The summed E-state index contributed by atoms with van der Waals surface area (Å²) in [6.45, 7) is 0. The lowest BCUT2D eigenvalue weighted by molar-refractivity contribution is 0.868. The zero-order valence-electron chi connectivity index (χ0n) is 17.9. The zero-order chi connectivity index (χ0) is 22.0. The second-order valence-corrected chi connectivity index (χ2v) is 8.92. The largest absolute Gasteiger partial charge is 0.217 e. The van der Waals surface area contributed by atoms with Crippen molar-refractivity contribution in [1.29, 1.82) is 0 Å². The highest BCUT2D eigenvalue weighted by atomic mass is 32.1. The maximum absolute atomic E-state index is 5.16. The molecular formula is C29H21N3S. The van der Waals surface area contributed by atoms with Gasteiger partial charge in [0.15, 0.2) is 0 Å². The van der Waals surface area contributed by atoms with E-state index in [0.29, 0.717) is 0 Å². The molecule has 0 aliphatic carbocycles. The average molecular weight is 444 g/mol. The number of imidazole rings is 1. The Labute approximate surface area is 196 Å². The van der Waals surface area contributed by atoms with Crippen LogP contribution in [0.2, 0.25) is 0 Å². The Bertz CT molecular complexity index is 1450. The lowest BCUT2D eigenvalue weighted by Crippen LogP contribution is -2.04. The summed E-state index contributed by atoms with van der Waals surface area (Å²) in [6.07, 6.45) is 0. The summed E-state index contributed by atoms with van der Waals surface area (Å²) in [4.78, 5) is 5.97. The van der Waals surface area contributed by atoms with Crippen LogP contribution < -0.4 is 0 Å². The predicted molar refractivity (Wildman–Crippen MR) is 136 cm³/mol. The molecule has 6 aromatic rings. The van der Waals surface area contributed by atoms with Gasteiger partial charge in [0.1, 0.15) is 16.4 Å². The normalized spacial score (nSPS) is 11.3. The molecule has 0 spiro atoms. The van der Waals surface area contributed by atoms with Crippen LogP contribution in [0.1, 0.15) is 22.1 Å². The van der Waals surface area contributed by atoms with Crippen LogP contribution in [-0.2, 0) is 0 Å². The van der Waals surface area contributed by atoms with E-state index < -0.39 is 0 Å². The van der Waals surface area contributed by atoms with Gasteiger partial charge in [-0.1, -0.05) is 133 Å². The van der Waals surface area contributed by atoms with Crippen molar-refractivity contribution in [3.05, 3.63) is 137 Å². The van der Waals surface area contributed by atoms with Gasteiger partial charge in [0.05, 0.1) is 5.92 Å². The molecule has 4 heteroatoms. The van der Waals surface area contributed by atoms with E-state index in [9.17, 15) is 0 Å². The maximum atomic E-state index is 5.16. The molecule has 0 saturated carbocycles. The minimum absolute atomic E-state index is 0.0582. The standard InChI is InChI=1S/C29H21N3S/c1-5-13-21(14-6-1)25(22-15-7-2-8-16-22)28-31-32-27(24-19-11-4-12-20-24)26(30-29(32)33-28)23-17-9-3-10-18-23/h1-20,25H. The van der Waals surface area contributed by atoms with Crippen molar-refractivity contribution in [2.24, 2.45) is 0 Å². The summed E-state index contributed by atoms with van der Waals surface area (Å²) in [5, 5.41) is 6.19. The Morgan fingerprint density at radius 2 is 1.06 bits per heavy atom. The highest BCUT2D eigenvalue weighted by Crippen LogP contribution is 2.38. The quantitative estimate of drug-likeness (QED) is 0.280. The Kier molecular flexibility index (Phi) is 5.06. The number of rotatable bonds is 5. The van der Waals surface area contributed by atoms with E-state index in [0.717, 1.165) is 32.5 Å². The van der Waals surface area contributed by atoms with Gasteiger partial charge in [-0.3, -0.25) is 0 Å². The Morgan fingerprint density at radius 1 is 0.576 bits per heavy atom. The van der Waals surface area contributed by atoms with Crippen molar-refractivity contribution < 1.29 is 0 Å². The molecule has 3 nitrogen and oxygen atoms in total. The Balaban J connectivity index is 1.57. The van der Waals surface area contributed by atoms with Crippen LogP contribution in [-0.4, -0.2) is 14.6 Å². The molecule has 0 fully saturated rings. The van der Waals surface area contributed by atoms with E-state index in [-0.39, 0.29) is 5.92 Å². The molecule has 0 aliphatic heterocycles. The number of nitrogens with zero attached hydrogens (tertiary/aromatic N) is 3. The molecule has 2 heterocycles. The molecule has 4 aromatic carbocycles. The number of hydrogen-bond donors (Lipinski definition) is 0. The second-order valence-electron chi connectivity index (χ2n) is 7.93. The van der Waals surface area contributed by atoms with Gasteiger partial charge in [-0.05, 0) is 11.1 Å². The smallest absolute Gasteiger partial charge is 0.213 e. The number of benzene rings is 4. The molecule has 0 aliphatic rings. The van der Waals surface area contributed by atoms with Crippen LogP contribution in [0.4, 0.5) is 0 Å². The van der Waals surface area contributed by atoms with Gasteiger partial charge in [0, 0.05) is 11.1 Å². The molecule has 0 saturated heterocycles. The summed E-state index contributed by atoms with van der Waals surface area (Å²) in [6, 6.07) is 41.9. The van der Waals surface area contributed by atoms with Crippen LogP contribution in [0, 0.1) is 0 Å². The summed E-state index contributed by atoms with van der Waals surface area (Å²) < 4.78 is 2.02. The second kappa shape index (κ2) is 8.49. The number of aromatic nitrogens is 3. The van der Waals surface area contributed by atoms with Crippen LogP contribution in [0.5, 0.6) is 0 Å². The molecule has 158 valence electrons. The van der Waals surface area contributed by atoms with E-state index in [2.05, 4.69) is 109 Å². The van der Waals surface area contributed by atoms with E-state index in [1.54, 1.807) is 11.3 Å². The summed E-state index contributed by atoms with van der Waals surface area (Å²) in [5.41, 5.74) is 6.65. The van der Waals surface area contributed by atoms with Gasteiger partial charge in [-0.25, -0.2) is 9.50 Å². The molecule has 0 N–H and O–H groups in total. The van der Waals surface area contributed by atoms with E-state index in [1.807, 2.05) is 16.6 Å². The molecule has 33 heavy (non-hydrogen) atoms. The predicted octanol–water partition coefficient (Wildman–Crippen LogP) is 7.31. The maximum Gasteiger partial charge on any atom is 0.213 e. The molecule has 6 rings (SSSR count). The van der Waals surface area contributed by atoms with Crippen molar-refractivity contribution in [1.82, 2.24) is 14.6 Å². The average Bonchev–Trinajstić information content (AvgIpc) is 3.45. The SMILES string of the molecule is c1ccc(-c2nc3sc(C(c4ccccc4)c4ccccc4)nn3c2-c2ccccc2)cc1.